The van der Waals surface area contributed by atoms with E-state index in [1.54, 1.807) is 6.07 Å². The van der Waals surface area contributed by atoms with Crippen molar-refractivity contribution in [2.75, 3.05) is 6.61 Å². The topological polar surface area (TPSA) is 38.3 Å². The maximum atomic E-state index is 13.5. The molecule has 0 aliphatic carbocycles. The van der Waals surface area contributed by atoms with Crippen molar-refractivity contribution in [2.24, 2.45) is 0 Å². The van der Waals surface area contributed by atoms with Crippen LogP contribution in [0, 0.1) is 5.82 Å². The predicted molar refractivity (Wildman–Crippen MR) is 75.6 cm³/mol. The molecular weight excluding hydrogens is 314 g/mol. The fourth-order valence-electron chi connectivity index (χ4n) is 1.83. The first-order valence-corrected chi connectivity index (χ1v) is 6.66. The van der Waals surface area contributed by atoms with Gasteiger partial charge in [-0.2, -0.15) is 13.2 Å². The average molecular weight is 327 g/mol. The summed E-state index contributed by atoms with van der Waals surface area (Å²) in [6.45, 7) is -1.35. The van der Waals surface area contributed by atoms with Crippen molar-refractivity contribution in [3.8, 4) is 5.75 Å². The normalized spacial score (nSPS) is 11.1. The average Bonchev–Trinajstić information content (AvgIpc) is 2.51. The molecule has 0 saturated heterocycles. The fourth-order valence-corrected chi connectivity index (χ4v) is 1.83. The molecule has 0 aromatic heterocycles. The first-order chi connectivity index (χ1) is 10.8. The number of rotatable bonds is 5. The van der Waals surface area contributed by atoms with Gasteiger partial charge in [0.2, 0.25) is 0 Å². The standard InChI is InChI=1S/C16H13F4NO2/c17-14-7-2-1-6-13(14)15(22)21-9-11-4-3-5-12(8-11)23-10-16(18,19)20/h1-8H,9-10H2,(H,21,22). The van der Waals surface area contributed by atoms with Gasteiger partial charge in [-0.1, -0.05) is 24.3 Å². The molecule has 1 amide bonds. The number of carbonyl (C=O) groups excluding carboxylic acids is 1. The molecule has 23 heavy (non-hydrogen) atoms. The number of hydrogen-bond acceptors (Lipinski definition) is 2. The summed E-state index contributed by atoms with van der Waals surface area (Å²) in [6.07, 6.45) is -4.42. The number of halogens is 4. The largest absolute Gasteiger partial charge is 0.484 e. The molecule has 0 aliphatic heterocycles. The molecule has 0 radical (unpaired) electrons. The Morgan fingerprint density at radius 3 is 2.52 bits per heavy atom. The highest BCUT2D eigenvalue weighted by molar-refractivity contribution is 5.94. The van der Waals surface area contributed by atoms with Crippen molar-refractivity contribution in [2.45, 2.75) is 12.7 Å². The lowest BCUT2D eigenvalue weighted by Gasteiger charge is -2.11. The van der Waals surface area contributed by atoms with Crippen LogP contribution in [0.3, 0.4) is 0 Å². The second-order valence-electron chi connectivity index (χ2n) is 4.71. The molecule has 2 aromatic rings. The number of amides is 1. The lowest BCUT2D eigenvalue weighted by Crippen LogP contribution is -2.24. The van der Waals surface area contributed by atoms with E-state index in [0.717, 1.165) is 0 Å². The van der Waals surface area contributed by atoms with E-state index in [1.165, 1.54) is 42.5 Å². The molecule has 0 aliphatic rings. The van der Waals surface area contributed by atoms with E-state index >= 15 is 0 Å². The summed E-state index contributed by atoms with van der Waals surface area (Å²) in [5, 5.41) is 2.50. The monoisotopic (exact) mass is 327 g/mol. The van der Waals surface area contributed by atoms with Crippen LogP contribution < -0.4 is 10.1 Å². The highest BCUT2D eigenvalue weighted by Gasteiger charge is 2.28. The van der Waals surface area contributed by atoms with Gasteiger partial charge < -0.3 is 10.1 Å². The van der Waals surface area contributed by atoms with Gasteiger partial charge in [0, 0.05) is 6.54 Å². The minimum atomic E-state index is -4.42. The Kier molecular flexibility index (Phi) is 5.20. The SMILES string of the molecule is O=C(NCc1cccc(OCC(F)(F)F)c1)c1ccccc1F. The number of ether oxygens (including phenoxy) is 1. The van der Waals surface area contributed by atoms with Crippen LogP contribution in [0.5, 0.6) is 5.75 Å². The Labute approximate surface area is 129 Å². The van der Waals surface area contributed by atoms with Crippen LogP contribution in [0.15, 0.2) is 48.5 Å². The molecule has 7 heteroatoms. The van der Waals surface area contributed by atoms with Gasteiger partial charge in [-0.05, 0) is 29.8 Å². The van der Waals surface area contributed by atoms with Crippen LogP contribution in [0.25, 0.3) is 0 Å². The summed E-state index contributed by atoms with van der Waals surface area (Å²) in [5.74, 6) is -1.21. The maximum Gasteiger partial charge on any atom is 0.422 e. The maximum absolute atomic E-state index is 13.5. The van der Waals surface area contributed by atoms with Crippen LogP contribution in [0.2, 0.25) is 0 Å². The molecule has 1 N–H and O–H groups in total. The molecular formula is C16H13F4NO2. The van der Waals surface area contributed by atoms with Crippen LogP contribution in [0.1, 0.15) is 15.9 Å². The number of alkyl halides is 3. The molecule has 2 rings (SSSR count). The van der Waals surface area contributed by atoms with Gasteiger partial charge in [0.05, 0.1) is 5.56 Å². The van der Waals surface area contributed by atoms with Gasteiger partial charge in [0.25, 0.3) is 5.91 Å². The van der Waals surface area contributed by atoms with Gasteiger partial charge in [-0.25, -0.2) is 4.39 Å². The van der Waals surface area contributed by atoms with Crippen LogP contribution >= 0.6 is 0 Å². The number of nitrogens with one attached hydrogen (secondary N) is 1. The molecule has 2 aromatic carbocycles. The number of carbonyl (C=O) groups is 1. The second-order valence-corrected chi connectivity index (χ2v) is 4.71. The minimum Gasteiger partial charge on any atom is -0.484 e. The van der Waals surface area contributed by atoms with Crippen molar-refractivity contribution < 1.29 is 27.1 Å². The Bertz CT molecular complexity index is 686. The molecule has 3 nitrogen and oxygen atoms in total. The zero-order valence-corrected chi connectivity index (χ0v) is 11.9. The molecule has 0 spiro atoms. The van der Waals surface area contributed by atoms with E-state index < -0.39 is 24.5 Å². The zero-order valence-electron chi connectivity index (χ0n) is 11.9. The summed E-state index contributed by atoms with van der Waals surface area (Å²) in [5.41, 5.74) is 0.436. The van der Waals surface area contributed by atoms with Crippen molar-refractivity contribution in [1.82, 2.24) is 5.32 Å². The second kappa shape index (κ2) is 7.13. The minimum absolute atomic E-state index is 0.0381. The highest BCUT2D eigenvalue weighted by Crippen LogP contribution is 2.19. The van der Waals surface area contributed by atoms with Crippen molar-refractivity contribution in [1.29, 1.82) is 0 Å². The number of hydrogen-bond donors (Lipinski definition) is 1. The quantitative estimate of drug-likeness (QED) is 0.851. The van der Waals surface area contributed by atoms with Gasteiger partial charge in [0.1, 0.15) is 11.6 Å². The Balaban J connectivity index is 1.96. The van der Waals surface area contributed by atoms with Gasteiger partial charge in [-0.15, -0.1) is 0 Å². The van der Waals surface area contributed by atoms with E-state index in [2.05, 4.69) is 10.1 Å². The predicted octanol–water partition coefficient (Wildman–Crippen LogP) is 3.70. The third-order valence-corrected chi connectivity index (χ3v) is 2.87. The lowest BCUT2D eigenvalue weighted by molar-refractivity contribution is -0.153. The van der Waals surface area contributed by atoms with E-state index in [-0.39, 0.29) is 17.9 Å². The Morgan fingerprint density at radius 2 is 1.83 bits per heavy atom. The molecule has 0 fully saturated rings. The van der Waals surface area contributed by atoms with Crippen molar-refractivity contribution in [3.05, 3.63) is 65.5 Å². The van der Waals surface area contributed by atoms with E-state index in [0.29, 0.717) is 5.56 Å². The van der Waals surface area contributed by atoms with Crippen LogP contribution in [-0.4, -0.2) is 18.7 Å². The van der Waals surface area contributed by atoms with E-state index in [4.69, 9.17) is 0 Å². The zero-order chi connectivity index (χ0) is 16.9. The first-order valence-electron chi connectivity index (χ1n) is 6.66. The summed E-state index contributed by atoms with van der Waals surface area (Å²) in [7, 11) is 0. The molecule has 0 heterocycles. The Hall–Kier alpha value is -2.57. The summed E-state index contributed by atoms with van der Waals surface area (Å²) in [6, 6.07) is 11.4. The van der Waals surface area contributed by atoms with Gasteiger partial charge in [0.15, 0.2) is 6.61 Å². The van der Waals surface area contributed by atoms with E-state index in [9.17, 15) is 22.4 Å². The molecule has 0 atom stereocenters. The van der Waals surface area contributed by atoms with Gasteiger partial charge >= 0.3 is 6.18 Å². The summed E-state index contributed by atoms with van der Waals surface area (Å²) < 4.78 is 54.4. The third-order valence-electron chi connectivity index (χ3n) is 2.87. The molecule has 0 unspecified atom stereocenters. The van der Waals surface area contributed by atoms with Crippen molar-refractivity contribution in [3.63, 3.8) is 0 Å². The lowest BCUT2D eigenvalue weighted by atomic mass is 10.2. The van der Waals surface area contributed by atoms with Gasteiger partial charge in [-0.3, -0.25) is 4.79 Å². The smallest absolute Gasteiger partial charge is 0.422 e. The Morgan fingerprint density at radius 1 is 1.09 bits per heavy atom. The third kappa shape index (κ3) is 5.28. The molecule has 122 valence electrons. The van der Waals surface area contributed by atoms with Crippen LogP contribution in [0.4, 0.5) is 17.6 Å². The molecule has 0 saturated carbocycles. The first kappa shape index (κ1) is 16.8. The van der Waals surface area contributed by atoms with E-state index in [1.807, 2.05) is 0 Å². The van der Waals surface area contributed by atoms with Crippen molar-refractivity contribution >= 4 is 5.91 Å². The summed E-state index contributed by atoms with van der Waals surface area (Å²) in [4.78, 5) is 11.8. The fraction of sp³-hybridized carbons (Fsp3) is 0.188. The van der Waals surface area contributed by atoms with Crippen LogP contribution in [-0.2, 0) is 6.54 Å². The molecule has 0 bridgehead atoms. The summed E-state index contributed by atoms with van der Waals surface area (Å²) >= 11 is 0. The number of benzene rings is 2. The highest BCUT2D eigenvalue weighted by atomic mass is 19.4.